The summed E-state index contributed by atoms with van der Waals surface area (Å²) in [5.74, 6) is 0.475. The van der Waals surface area contributed by atoms with Gasteiger partial charge in [-0.25, -0.2) is 13.1 Å². The molecule has 0 bridgehead atoms. The third kappa shape index (κ3) is 7.01. The smallest absolute Gasteiger partial charge is 0.240 e. The molecule has 24 heavy (non-hydrogen) atoms. The molecule has 1 rings (SSSR count). The van der Waals surface area contributed by atoms with Crippen molar-refractivity contribution in [2.75, 3.05) is 6.54 Å². The monoisotopic (exact) mass is 354 g/mol. The van der Waals surface area contributed by atoms with E-state index in [1.165, 1.54) is 0 Å². The molecule has 1 aromatic carbocycles. The highest BCUT2D eigenvalue weighted by Gasteiger charge is 2.17. The Morgan fingerprint density at radius 2 is 1.79 bits per heavy atom. The summed E-state index contributed by atoms with van der Waals surface area (Å²) in [6, 6.07) is 5.31. The number of benzene rings is 1. The number of hydrogen-bond acceptors (Lipinski definition) is 3. The van der Waals surface area contributed by atoms with Crippen LogP contribution >= 0.6 is 0 Å². The molecule has 0 aliphatic heterocycles. The van der Waals surface area contributed by atoms with Crippen LogP contribution < -0.4 is 10.0 Å². The third-order valence-electron chi connectivity index (χ3n) is 3.85. The zero-order chi connectivity index (χ0) is 18.3. The molecule has 0 aromatic heterocycles. The van der Waals surface area contributed by atoms with Crippen LogP contribution in [0.1, 0.15) is 51.2 Å². The molecule has 1 atom stereocenters. The number of nitrogens with one attached hydrogen (secondary N) is 2. The lowest BCUT2D eigenvalue weighted by molar-refractivity contribution is -0.121. The first-order valence-electron chi connectivity index (χ1n) is 8.48. The number of hydrogen-bond donors (Lipinski definition) is 2. The van der Waals surface area contributed by atoms with Gasteiger partial charge < -0.3 is 5.32 Å². The molecule has 0 heterocycles. The van der Waals surface area contributed by atoms with Gasteiger partial charge in [0.15, 0.2) is 0 Å². The quantitative estimate of drug-likeness (QED) is 0.716. The summed E-state index contributed by atoms with van der Waals surface area (Å²) >= 11 is 0. The second-order valence-corrected chi connectivity index (χ2v) is 8.59. The molecule has 5 nitrogen and oxygen atoms in total. The van der Waals surface area contributed by atoms with Crippen molar-refractivity contribution in [3.05, 3.63) is 29.3 Å². The van der Waals surface area contributed by atoms with Crippen LogP contribution in [-0.4, -0.2) is 26.9 Å². The average Bonchev–Trinajstić information content (AvgIpc) is 2.44. The zero-order valence-electron chi connectivity index (χ0n) is 15.3. The minimum atomic E-state index is -3.58. The van der Waals surface area contributed by atoms with Gasteiger partial charge in [0.05, 0.1) is 4.90 Å². The van der Waals surface area contributed by atoms with E-state index in [9.17, 15) is 13.2 Å². The number of aryl methyl sites for hydroxylation is 2. The van der Waals surface area contributed by atoms with Gasteiger partial charge in [-0.05, 0) is 51.2 Å². The van der Waals surface area contributed by atoms with Crippen molar-refractivity contribution in [1.82, 2.24) is 10.0 Å². The SMILES string of the molecule is Cc1ccc(S(=O)(=O)NCCC(=O)NC(C)CCC(C)C)c(C)c1. The Kier molecular flexibility index (Phi) is 7.90. The van der Waals surface area contributed by atoms with E-state index in [2.05, 4.69) is 23.9 Å². The first-order chi connectivity index (χ1) is 11.1. The Morgan fingerprint density at radius 3 is 2.38 bits per heavy atom. The van der Waals surface area contributed by atoms with Gasteiger partial charge >= 0.3 is 0 Å². The lowest BCUT2D eigenvalue weighted by atomic mass is 10.0. The highest BCUT2D eigenvalue weighted by molar-refractivity contribution is 7.89. The van der Waals surface area contributed by atoms with Gasteiger partial charge in [-0.1, -0.05) is 31.5 Å². The topological polar surface area (TPSA) is 75.3 Å². The Morgan fingerprint density at radius 1 is 1.12 bits per heavy atom. The normalized spacial score (nSPS) is 13.1. The molecule has 0 fully saturated rings. The zero-order valence-corrected chi connectivity index (χ0v) is 16.2. The van der Waals surface area contributed by atoms with Crippen molar-refractivity contribution in [2.45, 2.75) is 64.8 Å². The first-order valence-corrected chi connectivity index (χ1v) is 9.96. The van der Waals surface area contributed by atoms with Gasteiger partial charge in [-0.3, -0.25) is 4.79 Å². The van der Waals surface area contributed by atoms with Crippen LogP contribution in [0.2, 0.25) is 0 Å². The second kappa shape index (κ2) is 9.18. The summed E-state index contributed by atoms with van der Waals surface area (Å²) in [6.07, 6.45) is 2.12. The molecule has 2 N–H and O–H groups in total. The van der Waals surface area contributed by atoms with Crippen molar-refractivity contribution in [1.29, 1.82) is 0 Å². The fourth-order valence-corrected chi connectivity index (χ4v) is 3.74. The maximum atomic E-state index is 12.3. The Hall–Kier alpha value is -1.40. The van der Waals surface area contributed by atoms with Gasteiger partial charge in [-0.2, -0.15) is 0 Å². The van der Waals surface area contributed by atoms with E-state index in [1.54, 1.807) is 19.1 Å². The van der Waals surface area contributed by atoms with E-state index < -0.39 is 10.0 Å². The molecule has 1 unspecified atom stereocenters. The summed E-state index contributed by atoms with van der Waals surface area (Å²) in [5.41, 5.74) is 1.72. The number of rotatable bonds is 9. The first kappa shape index (κ1) is 20.6. The molecule has 0 radical (unpaired) electrons. The van der Waals surface area contributed by atoms with Gasteiger partial charge in [-0.15, -0.1) is 0 Å². The number of amides is 1. The molecular weight excluding hydrogens is 324 g/mol. The molecule has 1 aromatic rings. The third-order valence-corrected chi connectivity index (χ3v) is 5.47. The maximum Gasteiger partial charge on any atom is 0.240 e. The fourth-order valence-electron chi connectivity index (χ4n) is 2.48. The maximum absolute atomic E-state index is 12.3. The summed E-state index contributed by atoms with van der Waals surface area (Å²) in [7, 11) is -3.58. The highest BCUT2D eigenvalue weighted by Crippen LogP contribution is 2.16. The molecule has 6 heteroatoms. The minimum absolute atomic E-state index is 0.0956. The average molecular weight is 355 g/mol. The minimum Gasteiger partial charge on any atom is -0.354 e. The molecule has 0 saturated carbocycles. The van der Waals surface area contributed by atoms with Gasteiger partial charge in [0.1, 0.15) is 0 Å². The summed E-state index contributed by atoms with van der Waals surface area (Å²) in [4.78, 5) is 12.1. The van der Waals surface area contributed by atoms with Crippen LogP contribution in [0.3, 0.4) is 0 Å². The summed E-state index contributed by atoms with van der Waals surface area (Å²) < 4.78 is 27.1. The van der Waals surface area contributed by atoms with Crippen LogP contribution in [0.5, 0.6) is 0 Å². The molecule has 0 saturated heterocycles. The molecule has 0 aliphatic rings. The number of sulfonamides is 1. The lowest BCUT2D eigenvalue weighted by Crippen LogP contribution is -2.35. The van der Waals surface area contributed by atoms with Crippen LogP contribution in [0.15, 0.2) is 23.1 Å². The molecular formula is C18H30N2O3S. The van der Waals surface area contributed by atoms with Gasteiger partial charge in [0.2, 0.25) is 15.9 Å². The van der Waals surface area contributed by atoms with E-state index in [0.717, 1.165) is 18.4 Å². The van der Waals surface area contributed by atoms with E-state index >= 15 is 0 Å². The predicted octanol–water partition coefficient (Wildman–Crippen LogP) is 2.91. The summed E-state index contributed by atoms with van der Waals surface area (Å²) in [6.45, 7) is 10.1. The van der Waals surface area contributed by atoms with E-state index in [4.69, 9.17) is 0 Å². The number of carbonyl (C=O) groups excluding carboxylic acids is 1. The van der Waals surface area contributed by atoms with Crippen LogP contribution in [0, 0.1) is 19.8 Å². The Balaban J connectivity index is 2.47. The molecule has 0 aliphatic carbocycles. The van der Waals surface area contributed by atoms with E-state index in [0.29, 0.717) is 11.5 Å². The second-order valence-electron chi connectivity index (χ2n) is 6.86. The van der Waals surface area contributed by atoms with Crippen molar-refractivity contribution < 1.29 is 13.2 Å². The van der Waals surface area contributed by atoms with Gasteiger partial charge in [0.25, 0.3) is 0 Å². The fraction of sp³-hybridized carbons (Fsp3) is 0.611. The Bertz CT molecular complexity index is 654. The predicted molar refractivity (Wildman–Crippen MR) is 97.4 cm³/mol. The molecule has 0 spiro atoms. The van der Waals surface area contributed by atoms with Gasteiger partial charge in [0, 0.05) is 19.0 Å². The summed E-state index contributed by atoms with van der Waals surface area (Å²) in [5, 5.41) is 2.91. The van der Waals surface area contributed by atoms with Crippen LogP contribution in [0.25, 0.3) is 0 Å². The van der Waals surface area contributed by atoms with Crippen molar-refractivity contribution >= 4 is 15.9 Å². The molecule has 1 amide bonds. The van der Waals surface area contributed by atoms with Crippen molar-refractivity contribution in [2.24, 2.45) is 5.92 Å². The highest BCUT2D eigenvalue weighted by atomic mass is 32.2. The van der Waals surface area contributed by atoms with Crippen LogP contribution in [0.4, 0.5) is 0 Å². The van der Waals surface area contributed by atoms with Crippen molar-refractivity contribution in [3.8, 4) is 0 Å². The number of carbonyl (C=O) groups is 1. The lowest BCUT2D eigenvalue weighted by Gasteiger charge is -2.15. The van der Waals surface area contributed by atoms with E-state index in [1.807, 2.05) is 19.9 Å². The standard InChI is InChI=1S/C18H30N2O3S/c1-13(2)6-8-16(5)20-18(21)10-11-19-24(22,23)17-9-7-14(3)12-15(17)4/h7,9,12-13,16,19H,6,8,10-11H2,1-5H3,(H,20,21). The Labute approximate surface area is 146 Å². The van der Waals surface area contributed by atoms with E-state index in [-0.39, 0.29) is 29.8 Å². The molecule has 136 valence electrons. The van der Waals surface area contributed by atoms with Crippen LogP contribution in [-0.2, 0) is 14.8 Å². The largest absolute Gasteiger partial charge is 0.354 e. The van der Waals surface area contributed by atoms with Crippen molar-refractivity contribution in [3.63, 3.8) is 0 Å².